The maximum absolute atomic E-state index is 11.9. The van der Waals surface area contributed by atoms with E-state index in [0.717, 1.165) is 28.0 Å². The smallest absolute Gasteiger partial charge is 0.226 e. The normalized spacial score (nSPS) is 10.4. The molecule has 1 aromatic carbocycles. The summed E-state index contributed by atoms with van der Waals surface area (Å²) >= 11 is 3.06. The first kappa shape index (κ1) is 18.5. The molecule has 0 fully saturated rings. The molecule has 8 heteroatoms. The van der Waals surface area contributed by atoms with Crippen LogP contribution < -0.4 is 14.8 Å². The van der Waals surface area contributed by atoms with E-state index in [-0.39, 0.29) is 5.91 Å². The minimum atomic E-state index is -0.0727. The number of rotatable bonds is 10. The van der Waals surface area contributed by atoms with Crippen LogP contribution in [-0.4, -0.2) is 35.6 Å². The minimum Gasteiger partial charge on any atom is -0.497 e. The average Bonchev–Trinajstić information content (AvgIpc) is 3.04. The van der Waals surface area contributed by atoms with Crippen LogP contribution in [0.25, 0.3) is 0 Å². The summed E-state index contributed by atoms with van der Waals surface area (Å²) in [5, 5.41) is 11.3. The molecule has 1 heterocycles. The van der Waals surface area contributed by atoms with Crippen LogP contribution >= 0.6 is 23.1 Å². The molecule has 6 nitrogen and oxygen atoms in total. The third kappa shape index (κ3) is 6.37. The van der Waals surface area contributed by atoms with Gasteiger partial charge in [-0.2, -0.15) is 0 Å². The van der Waals surface area contributed by atoms with Crippen molar-refractivity contribution in [3.05, 3.63) is 24.3 Å². The highest BCUT2D eigenvalue weighted by Crippen LogP contribution is 2.25. The van der Waals surface area contributed by atoms with Crippen LogP contribution in [0, 0.1) is 0 Å². The zero-order valence-electron chi connectivity index (χ0n) is 13.8. The molecule has 0 spiro atoms. The SMILES string of the molecule is CCCSc1nnc(NC(=O)CCCOc2ccc(OC)cc2)s1. The van der Waals surface area contributed by atoms with Gasteiger partial charge in [-0.25, -0.2) is 0 Å². The third-order valence-electron chi connectivity index (χ3n) is 2.96. The molecule has 130 valence electrons. The Kier molecular flexibility index (Phi) is 7.84. The first-order chi connectivity index (χ1) is 11.7. The van der Waals surface area contributed by atoms with E-state index in [1.54, 1.807) is 18.9 Å². The lowest BCUT2D eigenvalue weighted by atomic mass is 10.3. The average molecular weight is 367 g/mol. The van der Waals surface area contributed by atoms with Gasteiger partial charge in [-0.1, -0.05) is 30.0 Å². The molecule has 0 saturated heterocycles. The van der Waals surface area contributed by atoms with E-state index in [1.807, 2.05) is 24.3 Å². The summed E-state index contributed by atoms with van der Waals surface area (Å²) in [5.74, 6) is 2.48. The molecule has 0 aliphatic rings. The summed E-state index contributed by atoms with van der Waals surface area (Å²) in [5.41, 5.74) is 0. The maximum Gasteiger partial charge on any atom is 0.226 e. The molecule has 1 amide bonds. The Labute approximate surface area is 150 Å². The van der Waals surface area contributed by atoms with Crippen molar-refractivity contribution in [2.24, 2.45) is 0 Å². The predicted molar refractivity (Wildman–Crippen MR) is 97.3 cm³/mol. The van der Waals surface area contributed by atoms with E-state index >= 15 is 0 Å². The molecule has 0 aliphatic carbocycles. The number of nitrogens with zero attached hydrogens (tertiary/aromatic N) is 2. The lowest BCUT2D eigenvalue weighted by Crippen LogP contribution is -2.12. The summed E-state index contributed by atoms with van der Waals surface area (Å²) in [7, 11) is 1.62. The van der Waals surface area contributed by atoms with Crippen LogP contribution in [0.4, 0.5) is 5.13 Å². The van der Waals surface area contributed by atoms with E-state index in [4.69, 9.17) is 9.47 Å². The van der Waals surface area contributed by atoms with Gasteiger partial charge in [-0.15, -0.1) is 10.2 Å². The van der Waals surface area contributed by atoms with Crippen molar-refractivity contribution in [2.75, 3.05) is 24.8 Å². The van der Waals surface area contributed by atoms with Crippen LogP contribution in [-0.2, 0) is 4.79 Å². The number of ether oxygens (including phenoxy) is 2. The summed E-state index contributed by atoms with van der Waals surface area (Å²) in [6.45, 7) is 2.60. The standard InChI is InChI=1S/C16H21N3O3S2/c1-3-11-23-16-19-18-15(24-16)17-14(20)5-4-10-22-13-8-6-12(21-2)7-9-13/h6-9H,3-5,10-11H2,1-2H3,(H,17,18,20). The number of benzene rings is 1. The molecule has 0 atom stereocenters. The number of hydrogen-bond acceptors (Lipinski definition) is 7. The second kappa shape index (κ2) is 10.1. The number of anilines is 1. The van der Waals surface area contributed by atoms with Gasteiger partial charge in [0.05, 0.1) is 13.7 Å². The monoisotopic (exact) mass is 367 g/mol. The summed E-state index contributed by atoms with van der Waals surface area (Å²) in [6, 6.07) is 7.36. The molecule has 24 heavy (non-hydrogen) atoms. The van der Waals surface area contributed by atoms with Gasteiger partial charge in [-0.05, 0) is 37.1 Å². The van der Waals surface area contributed by atoms with Crippen molar-refractivity contribution < 1.29 is 14.3 Å². The number of nitrogens with one attached hydrogen (secondary N) is 1. The van der Waals surface area contributed by atoms with Crippen molar-refractivity contribution in [3.63, 3.8) is 0 Å². The minimum absolute atomic E-state index is 0.0727. The van der Waals surface area contributed by atoms with E-state index in [1.165, 1.54) is 11.3 Å². The Morgan fingerprint density at radius 3 is 2.71 bits per heavy atom. The Balaban J connectivity index is 1.64. The molecule has 0 aliphatic heterocycles. The van der Waals surface area contributed by atoms with Crippen LogP contribution in [0.3, 0.4) is 0 Å². The molecule has 0 bridgehead atoms. The topological polar surface area (TPSA) is 73.3 Å². The van der Waals surface area contributed by atoms with Gasteiger partial charge >= 0.3 is 0 Å². The number of amides is 1. The van der Waals surface area contributed by atoms with Gasteiger partial charge in [0.25, 0.3) is 0 Å². The zero-order valence-corrected chi connectivity index (χ0v) is 15.4. The fraction of sp³-hybridized carbons (Fsp3) is 0.438. The molecule has 0 unspecified atom stereocenters. The maximum atomic E-state index is 11.9. The number of hydrogen-bond donors (Lipinski definition) is 1. The van der Waals surface area contributed by atoms with Crippen molar-refractivity contribution in [1.82, 2.24) is 10.2 Å². The van der Waals surface area contributed by atoms with Crippen LogP contribution in [0.1, 0.15) is 26.2 Å². The van der Waals surface area contributed by atoms with Gasteiger partial charge in [0.1, 0.15) is 11.5 Å². The number of carbonyl (C=O) groups is 1. The summed E-state index contributed by atoms with van der Waals surface area (Å²) in [4.78, 5) is 11.9. The first-order valence-corrected chi connectivity index (χ1v) is 9.54. The lowest BCUT2D eigenvalue weighted by molar-refractivity contribution is -0.116. The van der Waals surface area contributed by atoms with Crippen molar-refractivity contribution in [2.45, 2.75) is 30.5 Å². The van der Waals surface area contributed by atoms with Crippen LogP contribution in [0.5, 0.6) is 11.5 Å². The Hall–Kier alpha value is -1.80. The van der Waals surface area contributed by atoms with Crippen LogP contribution in [0.15, 0.2) is 28.6 Å². The molecule has 1 aromatic heterocycles. The van der Waals surface area contributed by atoms with E-state index < -0.39 is 0 Å². The summed E-state index contributed by atoms with van der Waals surface area (Å²) < 4.78 is 11.6. The Bertz CT molecular complexity index is 632. The van der Waals surface area contributed by atoms with E-state index in [2.05, 4.69) is 22.4 Å². The quantitative estimate of drug-likeness (QED) is 0.391. The Morgan fingerprint density at radius 2 is 2.00 bits per heavy atom. The van der Waals surface area contributed by atoms with Crippen molar-refractivity contribution in [1.29, 1.82) is 0 Å². The number of carbonyl (C=O) groups excluding carboxylic acids is 1. The number of methoxy groups -OCH3 is 1. The Morgan fingerprint density at radius 1 is 1.25 bits per heavy atom. The highest BCUT2D eigenvalue weighted by atomic mass is 32.2. The second-order valence-electron chi connectivity index (χ2n) is 4.90. The molecular formula is C16H21N3O3S2. The largest absolute Gasteiger partial charge is 0.497 e. The molecule has 2 aromatic rings. The molecule has 0 saturated carbocycles. The van der Waals surface area contributed by atoms with Gasteiger partial charge < -0.3 is 14.8 Å². The van der Waals surface area contributed by atoms with Crippen LogP contribution in [0.2, 0.25) is 0 Å². The van der Waals surface area contributed by atoms with E-state index in [9.17, 15) is 4.79 Å². The van der Waals surface area contributed by atoms with Gasteiger partial charge in [0.2, 0.25) is 11.0 Å². The summed E-state index contributed by atoms with van der Waals surface area (Å²) in [6.07, 6.45) is 2.10. The molecule has 1 N–H and O–H groups in total. The third-order valence-corrected chi connectivity index (χ3v) is 5.14. The first-order valence-electron chi connectivity index (χ1n) is 7.74. The molecular weight excluding hydrogens is 346 g/mol. The molecule has 0 radical (unpaired) electrons. The fourth-order valence-electron chi connectivity index (χ4n) is 1.78. The van der Waals surface area contributed by atoms with E-state index in [0.29, 0.717) is 24.6 Å². The highest BCUT2D eigenvalue weighted by molar-refractivity contribution is 8.01. The van der Waals surface area contributed by atoms with Crippen molar-refractivity contribution >= 4 is 34.1 Å². The van der Waals surface area contributed by atoms with Gasteiger partial charge in [0, 0.05) is 12.2 Å². The van der Waals surface area contributed by atoms with Gasteiger partial charge in [-0.3, -0.25) is 4.79 Å². The predicted octanol–water partition coefficient (Wildman–Crippen LogP) is 3.85. The van der Waals surface area contributed by atoms with Crippen molar-refractivity contribution in [3.8, 4) is 11.5 Å². The van der Waals surface area contributed by atoms with Gasteiger partial charge in [0.15, 0.2) is 4.34 Å². The number of aromatic nitrogens is 2. The second-order valence-corrected chi connectivity index (χ2v) is 7.22. The highest BCUT2D eigenvalue weighted by Gasteiger charge is 2.08. The fourth-order valence-corrected chi connectivity index (χ4v) is 3.48. The number of thioether (sulfide) groups is 1. The lowest BCUT2D eigenvalue weighted by Gasteiger charge is -2.06. The zero-order chi connectivity index (χ0) is 17.2. The molecule has 2 rings (SSSR count).